The van der Waals surface area contributed by atoms with Crippen molar-refractivity contribution in [3.8, 4) is 11.6 Å². The largest absolute Gasteiger partial charge is 0.451 e. The van der Waals surface area contributed by atoms with Gasteiger partial charge in [-0.2, -0.15) is 4.98 Å². The predicted molar refractivity (Wildman–Crippen MR) is 124 cm³/mol. The fraction of sp³-hybridized carbons (Fsp3) is 0.200. The van der Waals surface area contributed by atoms with Gasteiger partial charge in [-0.15, -0.1) is 0 Å². The number of aryl methyl sites for hydroxylation is 1. The smallest absolute Gasteiger partial charge is 0.289 e. The van der Waals surface area contributed by atoms with Gasteiger partial charge in [-0.3, -0.25) is 9.59 Å². The van der Waals surface area contributed by atoms with Gasteiger partial charge in [0.1, 0.15) is 23.0 Å². The second-order valence-electron chi connectivity index (χ2n) is 7.78. The molecule has 166 valence electrons. The summed E-state index contributed by atoms with van der Waals surface area (Å²) in [5, 5.41) is 0.464. The van der Waals surface area contributed by atoms with Gasteiger partial charge in [-0.1, -0.05) is 30.3 Å². The molecule has 2 aromatic carbocycles. The van der Waals surface area contributed by atoms with E-state index in [0.717, 1.165) is 5.82 Å². The van der Waals surface area contributed by atoms with E-state index in [1.807, 2.05) is 37.3 Å². The van der Waals surface area contributed by atoms with Crippen molar-refractivity contribution in [3.05, 3.63) is 88.5 Å². The number of anilines is 1. The number of ether oxygens (including phenoxy) is 1. The summed E-state index contributed by atoms with van der Waals surface area (Å²) in [6, 6.07) is 19.5. The summed E-state index contributed by atoms with van der Waals surface area (Å²) in [5.74, 6) is 2.30. The van der Waals surface area contributed by atoms with Gasteiger partial charge in [0.15, 0.2) is 11.2 Å². The van der Waals surface area contributed by atoms with Crippen LogP contribution in [0.25, 0.3) is 11.0 Å². The summed E-state index contributed by atoms with van der Waals surface area (Å²) in [7, 11) is 0. The Morgan fingerprint density at radius 3 is 2.45 bits per heavy atom. The van der Waals surface area contributed by atoms with Crippen molar-refractivity contribution >= 4 is 22.7 Å². The molecule has 4 aromatic rings. The molecule has 0 radical (unpaired) electrons. The lowest BCUT2D eigenvalue weighted by Gasteiger charge is -2.35. The van der Waals surface area contributed by atoms with Gasteiger partial charge in [-0.05, 0) is 31.2 Å². The second-order valence-corrected chi connectivity index (χ2v) is 7.78. The minimum absolute atomic E-state index is 0.0589. The normalized spacial score (nSPS) is 13.8. The highest BCUT2D eigenvalue weighted by atomic mass is 16.5. The zero-order chi connectivity index (χ0) is 22.8. The Balaban J connectivity index is 1.29. The molecule has 5 rings (SSSR count). The van der Waals surface area contributed by atoms with Crippen LogP contribution >= 0.6 is 0 Å². The van der Waals surface area contributed by atoms with Crippen LogP contribution in [0.4, 0.5) is 5.82 Å². The van der Waals surface area contributed by atoms with E-state index < -0.39 is 0 Å². The molecule has 0 spiro atoms. The summed E-state index contributed by atoms with van der Waals surface area (Å²) < 4.78 is 11.6. The van der Waals surface area contributed by atoms with E-state index in [-0.39, 0.29) is 17.1 Å². The van der Waals surface area contributed by atoms with Gasteiger partial charge in [0.25, 0.3) is 5.91 Å². The van der Waals surface area contributed by atoms with Gasteiger partial charge in [0, 0.05) is 38.3 Å². The summed E-state index contributed by atoms with van der Waals surface area (Å²) in [5.41, 5.74) is 0.190. The molecule has 1 saturated heterocycles. The van der Waals surface area contributed by atoms with Gasteiger partial charge in [0.05, 0.1) is 5.39 Å². The second kappa shape index (κ2) is 8.74. The highest BCUT2D eigenvalue weighted by Gasteiger charge is 2.25. The Labute approximate surface area is 190 Å². The van der Waals surface area contributed by atoms with Crippen molar-refractivity contribution in [1.82, 2.24) is 14.9 Å². The van der Waals surface area contributed by atoms with E-state index in [4.69, 9.17) is 9.15 Å². The number of carbonyl (C=O) groups is 1. The molecule has 2 aromatic heterocycles. The number of piperazine rings is 1. The topological polar surface area (TPSA) is 88.8 Å². The van der Waals surface area contributed by atoms with Crippen molar-refractivity contribution < 1.29 is 13.9 Å². The first-order valence-corrected chi connectivity index (χ1v) is 10.7. The highest BCUT2D eigenvalue weighted by Crippen LogP contribution is 2.24. The SMILES string of the molecule is Cc1nc(Oc2ccccc2)cc(N2CCN(C(=O)c3cc(=O)c4ccccc4o3)CC2)n1. The zero-order valence-electron chi connectivity index (χ0n) is 18.1. The molecule has 3 heterocycles. The molecular weight excluding hydrogens is 420 g/mol. The number of carbonyl (C=O) groups excluding carboxylic acids is 1. The first-order valence-electron chi connectivity index (χ1n) is 10.7. The Hall–Kier alpha value is -4.20. The molecule has 1 amide bonds. The van der Waals surface area contributed by atoms with Crippen LogP contribution in [0.3, 0.4) is 0 Å². The molecule has 0 saturated carbocycles. The van der Waals surface area contributed by atoms with E-state index in [9.17, 15) is 9.59 Å². The number of rotatable bonds is 4. The van der Waals surface area contributed by atoms with Gasteiger partial charge in [0.2, 0.25) is 5.88 Å². The number of hydrogen-bond donors (Lipinski definition) is 0. The van der Waals surface area contributed by atoms with Crippen LogP contribution in [0.2, 0.25) is 0 Å². The van der Waals surface area contributed by atoms with Crippen LogP contribution in [-0.4, -0.2) is 47.0 Å². The number of amides is 1. The van der Waals surface area contributed by atoms with E-state index in [1.54, 1.807) is 35.2 Å². The number of fused-ring (bicyclic) bond motifs is 1. The van der Waals surface area contributed by atoms with Crippen molar-refractivity contribution in [1.29, 1.82) is 0 Å². The number of nitrogens with zero attached hydrogens (tertiary/aromatic N) is 4. The lowest BCUT2D eigenvalue weighted by atomic mass is 10.2. The highest BCUT2D eigenvalue weighted by molar-refractivity contribution is 5.93. The molecular formula is C25H22N4O4. The van der Waals surface area contributed by atoms with E-state index in [1.165, 1.54) is 6.07 Å². The quantitative estimate of drug-likeness (QED) is 0.477. The molecule has 8 heteroatoms. The molecule has 8 nitrogen and oxygen atoms in total. The van der Waals surface area contributed by atoms with E-state index in [2.05, 4.69) is 14.9 Å². The molecule has 0 N–H and O–H groups in total. The Bertz CT molecular complexity index is 1360. The van der Waals surface area contributed by atoms with Crippen LogP contribution in [0, 0.1) is 6.92 Å². The number of para-hydroxylation sites is 2. The van der Waals surface area contributed by atoms with Gasteiger partial charge in [-0.25, -0.2) is 4.98 Å². The average molecular weight is 442 g/mol. The van der Waals surface area contributed by atoms with Gasteiger partial charge >= 0.3 is 0 Å². The minimum atomic E-state index is -0.288. The molecule has 1 aliphatic heterocycles. The molecule has 0 unspecified atom stereocenters. The first-order chi connectivity index (χ1) is 16.1. The maximum atomic E-state index is 13.0. The lowest BCUT2D eigenvalue weighted by Crippen LogP contribution is -2.49. The first kappa shape index (κ1) is 20.7. The lowest BCUT2D eigenvalue weighted by molar-refractivity contribution is 0.0715. The van der Waals surface area contributed by atoms with Gasteiger partial charge < -0.3 is 19.0 Å². The van der Waals surface area contributed by atoms with Crippen LogP contribution in [0.5, 0.6) is 11.6 Å². The van der Waals surface area contributed by atoms with E-state index in [0.29, 0.717) is 54.6 Å². The molecule has 1 fully saturated rings. The summed E-state index contributed by atoms with van der Waals surface area (Å²) in [6.07, 6.45) is 0. The fourth-order valence-corrected chi connectivity index (χ4v) is 3.85. The summed E-state index contributed by atoms with van der Waals surface area (Å²) in [6.45, 7) is 3.96. The monoisotopic (exact) mass is 442 g/mol. The summed E-state index contributed by atoms with van der Waals surface area (Å²) in [4.78, 5) is 38.0. The number of aromatic nitrogens is 2. The van der Waals surface area contributed by atoms with Crippen LogP contribution < -0.4 is 15.1 Å². The Kier molecular flexibility index (Phi) is 5.48. The molecule has 0 bridgehead atoms. The molecule has 1 aliphatic rings. The van der Waals surface area contributed by atoms with Crippen molar-refractivity contribution in [2.45, 2.75) is 6.92 Å². The Morgan fingerprint density at radius 2 is 1.67 bits per heavy atom. The zero-order valence-corrected chi connectivity index (χ0v) is 18.1. The maximum Gasteiger partial charge on any atom is 0.289 e. The third kappa shape index (κ3) is 4.41. The third-order valence-corrected chi connectivity index (χ3v) is 5.50. The van der Waals surface area contributed by atoms with Crippen molar-refractivity contribution in [2.75, 3.05) is 31.1 Å². The minimum Gasteiger partial charge on any atom is -0.451 e. The molecule has 0 atom stereocenters. The summed E-state index contributed by atoms with van der Waals surface area (Å²) >= 11 is 0. The molecule has 0 aliphatic carbocycles. The Morgan fingerprint density at radius 1 is 0.939 bits per heavy atom. The van der Waals surface area contributed by atoms with Crippen LogP contribution in [-0.2, 0) is 0 Å². The molecule has 33 heavy (non-hydrogen) atoms. The van der Waals surface area contributed by atoms with Crippen LogP contribution in [0.1, 0.15) is 16.4 Å². The van der Waals surface area contributed by atoms with Crippen molar-refractivity contribution in [2.24, 2.45) is 0 Å². The number of benzene rings is 2. The standard InChI is InChI=1S/C25H22N4O4/c1-17-26-23(16-24(27-17)32-18-7-3-2-4-8-18)28-11-13-29(14-12-28)25(31)22-15-20(30)19-9-5-6-10-21(19)33-22/h2-10,15-16H,11-14H2,1H3. The van der Waals surface area contributed by atoms with E-state index >= 15 is 0 Å². The van der Waals surface area contributed by atoms with Crippen LogP contribution in [0.15, 0.2) is 75.9 Å². The fourth-order valence-electron chi connectivity index (χ4n) is 3.85. The number of hydrogen-bond acceptors (Lipinski definition) is 7. The maximum absolute atomic E-state index is 13.0. The average Bonchev–Trinajstić information content (AvgIpc) is 2.84. The predicted octanol–water partition coefficient (Wildman–Crippen LogP) is 3.65. The third-order valence-electron chi connectivity index (χ3n) is 5.50. The van der Waals surface area contributed by atoms with Crippen molar-refractivity contribution in [3.63, 3.8) is 0 Å².